The molecule has 0 unspecified atom stereocenters. The Labute approximate surface area is 78.9 Å². The summed E-state index contributed by atoms with van der Waals surface area (Å²) in [6, 6.07) is 8.43. The van der Waals surface area contributed by atoms with Crippen LogP contribution in [0.25, 0.3) is 10.9 Å². The van der Waals surface area contributed by atoms with Crippen LogP contribution in [0.3, 0.4) is 0 Å². The van der Waals surface area contributed by atoms with Crippen LogP contribution in [0.15, 0.2) is 24.3 Å². The van der Waals surface area contributed by atoms with Gasteiger partial charge in [-0.25, -0.2) is 0 Å². The van der Waals surface area contributed by atoms with Crippen LogP contribution in [0.2, 0.25) is 0 Å². The van der Waals surface area contributed by atoms with Crippen molar-refractivity contribution in [3.8, 4) is 0 Å². The molecule has 0 saturated heterocycles. The number of rotatable bonds is 0. The molecule has 0 aliphatic carbocycles. The molecule has 0 atom stereocenters. The van der Waals surface area contributed by atoms with Gasteiger partial charge in [0.15, 0.2) is 0 Å². The summed E-state index contributed by atoms with van der Waals surface area (Å²) in [6.07, 6.45) is 0. The second kappa shape index (κ2) is 2.55. The van der Waals surface area contributed by atoms with Crippen LogP contribution < -0.4 is 3.71 Å². The molecular formula is C9H8NSn. The number of aromatic amines is 1. The Hall–Kier alpha value is -0.441. The summed E-state index contributed by atoms with van der Waals surface area (Å²) < 4.78 is 1.36. The van der Waals surface area contributed by atoms with E-state index in [1.807, 2.05) is 0 Å². The molecule has 2 aromatic rings. The second-order valence-electron chi connectivity index (χ2n) is 2.67. The summed E-state index contributed by atoms with van der Waals surface area (Å²) in [4.78, 5) is 3.37. The van der Waals surface area contributed by atoms with E-state index in [9.17, 15) is 0 Å². The van der Waals surface area contributed by atoms with Crippen molar-refractivity contribution >= 4 is 37.1 Å². The number of hydrogen-bond acceptors (Lipinski definition) is 0. The number of hydrogen-bond donors (Lipinski definition) is 1. The van der Waals surface area contributed by atoms with Gasteiger partial charge in [-0.15, -0.1) is 0 Å². The van der Waals surface area contributed by atoms with Crippen LogP contribution in [0, 0.1) is 6.92 Å². The van der Waals surface area contributed by atoms with Crippen molar-refractivity contribution in [1.82, 2.24) is 4.98 Å². The van der Waals surface area contributed by atoms with Crippen molar-refractivity contribution in [1.29, 1.82) is 0 Å². The molecule has 1 aromatic carbocycles. The minimum atomic E-state index is 1.26. The molecule has 0 aliphatic rings. The quantitative estimate of drug-likeness (QED) is 0.676. The maximum absolute atomic E-state index is 3.37. The molecule has 0 fully saturated rings. The Bertz CT molecular complexity index is 389. The van der Waals surface area contributed by atoms with Gasteiger partial charge in [0.05, 0.1) is 0 Å². The van der Waals surface area contributed by atoms with Gasteiger partial charge in [-0.2, -0.15) is 0 Å². The summed E-state index contributed by atoms with van der Waals surface area (Å²) >= 11 is 1.46. The molecule has 1 N–H and O–H groups in total. The average Bonchev–Trinajstić information content (AvgIpc) is 2.30. The molecule has 11 heavy (non-hydrogen) atoms. The fraction of sp³-hybridized carbons (Fsp3) is 0.111. The first-order valence-corrected chi connectivity index (χ1v) is 5.00. The van der Waals surface area contributed by atoms with Crippen molar-refractivity contribution in [3.63, 3.8) is 0 Å². The standard InChI is InChI=1S/C9H8N.Sn/c1-7-6-10-9-5-3-2-4-8(7)9;/h2-5,10H,1H3;. The van der Waals surface area contributed by atoms with Crippen LogP contribution >= 0.6 is 0 Å². The van der Waals surface area contributed by atoms with Gasteiger partial charge in [0.25, 0.3) is 0 Å². The van der Waals surface area contributed by atoms with E-state index in [-0.39, 0.29) is 0 Å². The number of benzene rings is 1. The third kappa shape index (κ3) is 1.07. The van der Waals surface area contributed by atoms with Crippen LogP contribution in [0.4, 0.5) is 0 Å². The van der Waals surface area contributed by atoms with Crippen molar-refractivity contribution < 1.29 is 0 Å². The van der Waals surface area contributed by atoms with Gasteiger partial charge >= 0.3 is 78.9 Å². The fourth-order valence-electron chi connectivity index (χ4n) is 1.28. The first kappa shape index (κ1) is 7.22. The molecule has 1 heterocycles. The van der Waals surface area contributed by atoms with E-state index in [2.05, 4.69) is 36.2 Å². The molecule has 2 rings (SSSR count). The zero-order valence-corrected chi connectivity index (χ0v) is 9.16. The maximum atomic E-state index is 3.37. The predicted octanol–water partition coefficient (Wildman–Crippen LogP) is 1.27. The minimum absolute atomic E-state index is 1.26. The third-order valence-corrected chi connectivity index (χ3v) is 3.39. The fourth-order valence-corrected chi connectivity index (χ4v) is 2.05. The molecule has 0 bridgehead atoms. The van der Waals surface area contributed by atoms with E-state index >= 15 is 0 Å². The van der Waals surface area contributed by atoms with Crippen LogP contribution in [0.5, 0.6) is 0 Å². The third-order valence-electron chi connectivity index (χ3n) is 1.97. The van der Waals surface area contributed by atoms with Gasteiger partial charge < -0.3 is 0 Å². The number of para-hydroxylation sites is 1. The number of fused-ring (bicyclic) bond motifs is 1. The SMILES string of the molecule is Cc1[c]([Sn])[nH]c2ccccc12. The zero-order chi connectivity index (χ0) is 7.84. The summed E-state index contributed by atoms with van der Waals surface area (Å²) in [5, 5.41) is 1.36. The Morgan fingerprint density at radius 2 is 2.00 bits per heavy atom. The zero-order valence-electron chi connectivity index (χ0n) is 6.31. The molecule has 0 aliphatic heterocycles. The normalized spacial score (nSPS) is 10.7. The number of H-pyrrole nitrogens is 1. The molecule has 3 radical (unpaired) electrons. The van der Waals surface area contributed by atoms with E-state index in [0.29, 0.717) is 0 Å². The summed E-state index contributed by atoms with van der Waals surface area (Å²) in [6.45, 7) is 2.17. The molecule has 0 spiro atoms. The van der Waals surface area contributed by atoms with Gasteiger partial charge in [0, 0.05) is 0 Å². The van der Waals surface area contributed by atoms with Gasteiger partial charge in [-0.1, -0.05) is 0 Å². The van der Waals surface area contributed by atoms with Crippen LogP contribution in [0.1, 0.15) is 5.56 Å². The Morgan fingerprint density at radius 3 is 2.73 bits per heavy atom. The summed E-state index contributed by atoms with van der Waals surface area (Å²) in [5.74, 6) is 0. The number of aromatic nitrogens is 1. The van der Waals surface area contributed by atoms with Crippen molar-refractivity contribution in [2.45, 2.75) is 6.92 Å². The van der Waals surface area contributed by atoms with E-state index in [0.717, 1.165) is 0 Å². The summed E-state index contributed by atoms with van der Waals surface area (Å²) in [5.41, 5.74) is 2.66. The monoisotopic (exact) mass is 250 g/mol. The summed E-state index contributed by atoms with van der Waals surface area (Å²) in [7, 11) is 0. The van der Waals surface area contributed by atoms with Crippen LogP contribution in [-0.4, -0.2) is 27.5 Å². The molecular weight excluding hydrogens is 241 g/mol. The van der Waals surface area contributed by atoms with Crippen molar-refractivity contribution in [2.24, 2.45) is 0 Å². The van der Waals surface area contributed by atoms with Gasteiger partial charge in [-0.3, -0.25) is 0 Å². The first-order chi connectivity index (χ1) is 5.29. The van der Waals surface area contributed by atoms with Crippen molar-refractivity contribution in [3.05, 3.63) is 29.8 Å². The van der Waals surface area contributed by atoms with Gasteiger partial charge in [0.2, 0.25) is 0 Å². The predicted molar refractivity (Wildman–Crippen MR) is 48.4 cm³/mol. The Kier molecular flexibility index (Phi) is 1.68. The van der Waals surface area contributed by atoms with E-state index in [1.54, 1.807) is 0 Å². The molecule has 1 aromatic heterocycles. The second-order valence-corrected chi connectivity index (χ2v) is 4.10. The molecule has 0 saturated carbocycles. The number of nitrogens with one attached hydrogen (secondary N) is 1. The molecule has 0 amide bonds. The van der Waals surface area contributed by atoms with Crippen molar-refractivity contribution in [2.75, 3.05) is 0 Å². The average molecular weight is 249 g/mol. The Morgan fingerprint density at radius 1 is 1.27 bits per heavy atom. The molecule has 2 heteroatoms. The van der Waals surface area contributed by atoms with E-state index < -0.39 is 0 Å². The molecule has 53 valence electrons. The number of aryl methyl sites for hydroxylation is 1. The Balaban J connectivity index is 2.92. The van der Waals surface area contributed by atoms with Crippen LogP contribution in [-0.2, 0) is 0 Å². The first-order valence-electron chi connectivity index (χ1n) is 3.58. The van der Waals surface area contributed by atoms with E-state index in [1.165, 1.54) is 42.7 Å². The van der Waals surface area contributed by atoms with E-state index in [4.69, 9.17) is 0 Å². The molecule has 1 nitrogen and oxygen atoms in total. The van der Waals surface area contributed by atoms with Gasteiger partial charge in [0.1, 0.15) is 0 Å². The van der Waals surface area contributed by atoms with Gasteiger partial charge in [-0.05, 0) is 0 Å². The topological polar surface area (TPSA) is 15.8 Å².